The number of hydrogen-bond donors (Lipinski definition) is 1. The van der Waals surface area contributed by atoms with Crippen LogP contribution in [-0.2, 0) is 11.2 Å². The van der Waals surface area contributed by atoms with Crippen molar-refractivity contribution < 1.29 is 9.59 Å². The Balaban J connectivity index is 1.54. The number of nitrogens with one attached hydrogen (secondary N) is 1. The minimum Gasteiger partial charge on any atom is -0.338 e. The molecular weight excluding hydrogens is 298 g/mol. The summed E-state index contributed by atoms with van der Waals surface area (Å²) in [5.74, 6) is 0.205. The van der Waals surface area contributed by atoms with Crippen molar-refractivity contribution in [1.82, 2.24) is 15.1 Å². The van der Waals surface area contributed by atoms with E-state index >= 15 is 0 Å². The van der Waals surface area contributed by atoms with Crippen LogP contribution in [0.25, 0.3) is 0 Å². The fraction of sp³-hybridized carbons (Fsp3) is 0.500. The number of piperazine rings is 1. The van der Waals surface area contributed by atoms with E-state index < -0.39 is 0 Å². The zero-order chi connectivity index (χ0) is 15.5. The molecule has 1 fully saturated rings. The lowest BCUT2D eigenvalue weighted by atomic mass is 10.1. The SMILES string of the molecule is CCNC(=O)N1CCN(C(=O)C2Cc3ccccc3S2)CC1. The molecule has 1 atom stereocenters. The van der Waals surface area contributed by atoms with Gasteiger partial charge in [-0.15, -0.1) is 11.8 Å². The summed E-state index contributed by atoms with van der Waals surface area (Å²) < 4.78 is 0. The van der Waals surface area contributed by atoms with Crippen LogP contribution < -0.4 is 5.32 Å². The van der Waals surface area contributed by atoms with Crippen LogP contribution in [0.1, 0.15) is 12.5 Å². The summed E-state index contributed by atoms with van der Waals surface area (Å²) in [5, 5.41) is 2.80. The zero-order valence-corrected chi connectivity index (χ0v) is 13.6. The van der Waals surface area contributed by atoms with Crippen LogP contribution in [0.5, 0.6) is 0 Å². The molecule has 22 heavy (non-hydrogen) atoms. The van der Waals surface area contributed by atoms with Gasteiger partial charge >= 0.3 is 6.03 Å². The molecular formula is C16H21N3O2S. The van der Waals surface area contributed by atoms with Crippen molar-refractivity contribution in [3.05, 3.63) is 29.8 Å². The van der Waals surface area contributed by atoms with Gasteiger partial charge in [0, 0.05) is 37.6 Å². The van der Waals surface area contributed by atoms with Crippen molar-refractivity contribution in [1.29, 1.82) is 0 Å². The maximum Gasteiger partial charge on any atom is 0.317 e. The third kappa shape index (κ3) is 3.06. The highest BCUT2D eigenvalue weighted by Crippen LogP contribution is 2.37. The lowest BCUT2D eigenvalue weighted by molar-refractivity contribution is -0.131. The van der Waals surface area contributed by atoms with E-state index in [4.69, 9.17) is 0 Å². The summed E-state index contributed by atoms with van der Waals surface area (Å²) >= 11 is 1.67. The van der Waals surface area contributed by atoms with E-state index in [0.717, 1.165) is 6.42 Å². The Hall–Kier alpha value is -1.69. The molecule has 1 saturated heterocycles. The van der Waals surface area contributed by atoms with Gasteiger partial charge in [0.2, 0.25) is 5.91 Å². The monoisotopic (exact) mass is 319 g/mol. The Morgan fingerprint density at radius 2 is 1.86 bits per heavy atom. The summed E-state index contributed by atoms with van der Waals surface area (Å²) in [7, 11) is 0. The zero-order valence-electron chi connectivity index (χ0n) is 12.7. The fourth-order valence-corrected chi connectivity index (χ4v) is 4.20. The third-order valence-corrected chi connectivity index (χ3v) is 5.43. The number of carbonyl (C=O) groups is 2. The fourth-order valence-electron chi connectivity index (χ4n) is 2.92. The van der Waals surface area contributed by atoms with Gasteiger partial charge < -0.3 is 15.1 Å². The van der Waals surface area contributed by atoms with Gasteiger partial charge in [-0.25, -0.2) is 4.79 Å². The topological polar surface area (TPSA) is 52.7 Å². The second kappa shape index (κ2) is 6.60. The van der Waals surface area contributed by atoms with Crippen LogP contribution in [0, 0.1) is 0 Å². The molecule has 0 aliphatic carbocycles. The van der Waals surface area contributed by atoms with Crippen LogP contribution >= 0.6 is 11.8 Å². The smallest absolute Gasteiger partial charge is 0.317 e. The molecule has 1 N–H and O–H groups in total. The van der Waals surface area contributed by atoms with Gasteiger partial charge in [0.1, 0.15) is 0 Å². The van der Waals surface area contributed by atoms with E-state index in [2.05, 4.69) is 17.4 Å². The highest BCUT2D eigenvalue weighted by atomic mass is 32.2. The number of amides is 3. The number of carbonyl (C=O) groups excluding carboxylic acids is 2. The summed E-state index contributed by atoms with van der Waals surface area (Å²) in [6, 6.07) is 8.20. The standard InChI is InChI=1S/C16H21N3O2S/c1-2-17-16(21)19-9-7-18(8-10-19)15(20)14-11-12-5-3-4-6-13(12)22-14/h3-6,14H,2,7-11H2,1H3,(H,17,21). The molecule has 2 aliphatic rings. The van der Waals surface area contributed by atoms with Gasteiger partial charge in [0.05, 0.1) is 5.25 Å². The van der Waals surface area contributed by atoms with Gasteiger partial charge in [-0.1, -0.05) is 18.2 Å². The van der Waals surface area contributed by atoms with Gasteiger partial charge in [-0.3, -0.25) is 4.79 Å². The van der Waals surface area contributed by atoms with Gasteiger partial charge in [0.15, 0.2) is 0 Å². The summed E-state index contributed by atoms with van der Waals surface area (Å²) in [6.07, 6.45) is 0.816. The van der Waals surface area contributed by atoms with Gasteiger partial charge in [-0.05, 0) is 25.0 Å². The van der Waals surface area contributed by atoms with Crippen molar-refractivity contribution in [2.75, 3.05) is 32.7 Å². The first-order chi connectivity index (χ1) is 10.7. The Labute approximate surface area is 135 Å². The summed E-state index contributed by atoms with van der Waals surface area (Å²) in [5.41, 5.74) is 1.27. The van der Waals surface area contributed by atoms with E-state index in [1.807, 2.05) is 24.0 Å². The average molecular weight is 319 g/mol. The first-order valence-electron chi connectivity index (χ1n) is 7.75. The minimum atomic E-state index is -0.0303. The van der Waals surface area contributed by atoms with Crippen molar-refractivity contribution in [2.24, 2.45) is 0 Å². The number of thioether (sulfide) groups is 1. The number of fused-ring (bicyclic) bond motifs is 1. The predicted octanol–water partition coefficient (Wildman–Crippen LogP) is 1.58. The number of urea groups is 1. The predicted molar refractivity (Wildman–Crippen MR) is 87.0 cm³/mol. The molecule has 0 bridgehead atoms. The molecule has 118 valence electrons. The largest absolute Gasteiger partial charge is 0.338 e. The van der Waals surface area contributed by atoms with E-state index in [9.17, 15) is 9.59 Å². The van der Waals surface area contributed by atoms with Crippen molar-refractivity contribution >= 4 is 23.7 Å². The Kier molecular flexibility index (Phi) is 4.57. The molecule has 1 unspecified atom stereocenters. The summed E-state index contributed by atoms with van der Waals surface area (Å²) in [6.45, 7) is 5.03. The highest BCUT2D eigenvalue weighted by Gasteiger charge is 2.33. The molecule has 0 saturated carbocycles. The van der Waals surface area contributed by atoms with Crippen LogP contribution in [-0.4, -0.2) is 59.7 Å². The first kappa shape index (κ1) is 15.2. The van der Waals surface area contributed by atoms with Crippen LogP contribution in [0.2, 0.25) is 0 Å². The van der Waals surface area contributed by atoms with E-state index in [1.54, 1.807) is 16.7 Å². The minimum absolute atomic E-state index is 0.00609. The quantitative estimate of drug-likeness (QED) is 0.900. The summed E-state index contributed by atoms with van der Waals surface area (Å²) in [4.78, 5) is 29.4. The molecule has 5 nitrogen and oxygen atoms in total. The molecule has 6 heteroatoms. The van der Waals surface area contributed by atoms with Crippen LogP contribution in [0.3, 0.4) is 0 Å². The Morgan fingerprint density at radius 3 is 2.55 bits per heavy atom. The van der Waals surface area contributed by atoms with Gasteiger partial charge in [0.25, 0.3) is 0 Å². The van der Waals surface area contributed by atoms with E-state index in [0.29, 0.717) is 32.7 Å². The second-order valence-corrected chi connectivity index (χ2v) is 6.81. The molecule has 0 spiro atoms. The highest BCUT2D eigenvalue weighted by molar-refractivity contribution is 8.01. The maximum atomic E-state index is 12.7. The Bertz CT molecular complexity index is 545. The molecule has 1 aromatic rings. The first-order valence-corrected chi connectivity index (χ1v) is 8.63. The molecule has 1 aromatic carbocycles. The van der Waals surface area contributed by atoms with E-state index in [1.165, 1.54) is 10.5 Å². The number of rotatable bonds is 2. The van der Waals surface area contributed by atoms with Gasteiger partial charge in [-0.2, -0.15) is 0 Å². The molecule has 0 aromatic heterocycles. The normalized spacial score (nSPS) is 20.7. The molecule has 3 rings (SSSR count). The number of nitrogens with zero attached hydrogens (tertiary/aromatic N) is 2. The van der Waals surface area contributed by atoms with Crippen molar-refractivity contribution in [3.63, 3.8) is 0 Å². The van der Waals surface area contributed by atoms with Crippen molar-refractivity contribution in [2.45, 2.75) is 23.5 Å². The lowest BCUT2D eigenvalue weighted by Crippen LogP contribution is -2.54. The molecule has 0 radical (unpaired) electrons. The third-order valence-electron chi connectivity index (χ3n) is 4.13. The van der Waals surface area contributed by atoms with Crippen LogP contribution in [0.4, 0.5) is 4.79 Å². The number of benzene rings is 1. The lowest BCUT2D eigenvalue weighted by Gasteiger charge is -2.35. The van der Waals surface area contributed by atoms with Crippen molar-refractivity contribution in [3.8, 4) is 0 Å². The molecule has 3 amide bonds. The molecule has 2 heterocycles. The second-order valence-electron chi connectivity index (χ2n) is 5.57. The Morgan fingerprint density at radius 1 is 1.18 bits per heavy atom. The van der Waals surface area contributed by atoms with E-state index in [-0.39, 0.29) is 17.2 Å². The average Bonchev–Trinajstić information content (AvgIpc) is 2.98. The van der Waals surface area contributed by atoms with Crippen LogP contribution in [0.15, 0.2) is 29.2 Å². The number of hydrogen-bond acceptors (Lipinski definition) is 3. The molecule has 2 aliphatic heterocycles. The maximum absolute atomic E-state index is 12.7.